The Bertz CT molecular complexity index is 1070. The maximum absolute atomic E-state index is 6.98. The first-order valence-electron chi connectivity index (χ1n) is 20.1. The summed E-state index contributed by atoms with van der Waals surface area (Å²) in [5.41, 5.74) is 0. The van der Waals surface area contributed by atoms with E-state index in [1.54, 1.807) is 0 Å². The molecule has 4 heterocycles. The second kappa shape index (κ2) is 28.1. The van der Waals surface area contributed by atoms with Crippen LogP contribution in [0.1, 0.15) is 25.7 Å². The fourth-order valence-electron chi connectivity index (χ4n) is 6.39. The number of hydrogen-bond acceptors (Lipinski definition) is 10. The molecule has 4 bridgehead atoms. The fourth-order valence-corrected chi connectivity index (χ4v) is 22.8. The molecule has 0 amide bonds. The van der Waals surface area contributed by atoms with E-state index in [2.05, 4.69) is 101 Å². The SMILES string of the molecule is C1CCOC1.C1CCOC1.C1COCCOCCOCCOCCOCCO1.C[Si]1(C)O[Si](C)(C)c2cccc(c2)[Si](C)(C)O[Si](C)(C)c2cccc1c2.[K]. The first-order chi connectivity index (χ1) is 25.8. The molecule has 0 unspecified atom stereocenters. The molecule has 55 heavy (non-hydrogen) atoms. The molecule has 10 nitrogen and oxygen atoms in total. The Morgan fingerprint density at radius 2 is 0.491 bits per heavy atom. The summed E-state index contributed by atoms with van der Waals surface area (Å²) in [6.45, 7) is 29.7. The topological polar surface area (TPSA) is 92.3 Å². The van der Waals surface area contributed by atoms with Gasteiger partial charge in [-0.3, -0.25) is 0 Å². The largest absolute Gasteiger partial charge is 0.449 e. The Balaban J connectivity index is 0.000000308. The second-order valence-corrected chi connectivity index (χ2v) is 31.7. The minimum Gasteiger partial charge on any atom is -0.449 e. The van der Waals surface area contributed by atoms with Crippen LogP contribution in [0.5, 0.6) is 0 Å². The van der Waals surface area contributed by atoms with Gasteiger partial charge in [0.1, 0.15) is 0 Å². The number of benzene rings is 2. The molecule has 4 aliphatic rings. The van der Waals surface area contributed by atoms with Crippen molar-refractivity contribution in [2.75, 3.05) is 106 Å². The zero-order valence-corrected chi connectivity index (χ0v) is 43.0. The minimum atomic E-state index is -2.00. The third-order valence-electron chi connectivity index (χ3n) is 9.41. The van der Waals surface area contributed by atoms with E-state index < -0.39 is 33.3 Å². The molecule has 0 spiro atoms. The van der Waals surface area contributed by atoms with Gasteiger partial charge < -0.3 is 46.1 Å². The molecule has 0 saturated carbocycles. The van der Waals surface area contributed by atoms with Crippen molar-refractivity contribution in [2.24, 2.45) is 0 Å². The molecule has 15 heteroatoms. The summed E-state index contributed by atoms with van der Waals surface area (Å²) < 4.78 is 55.8. The van der Waals surface area contributed by atoms with E-state index in [-0.39, 0.29) is 51.4 Å². The standard InChI is InChI=1S/C20H32O2Si4.C12H24O6.2C4H8O.K/c1-23(2)17-11-9-12-18(15-17)25(5,6)22-26(7,8)20-14-10-13-19(16-20)24(3,4)21-23;1-2-14-5-6-16-9-10-18-12-11-17-8-7-15-4-3-13-1;2*1-2-4-5-3-1;/h9-16H,1-8H3;1-12H2;2*1-4H2;. The van der Waals surface area contributed by atoms with Crippen molar-refractivity contribution >= 4 is 105 Å². The average molecular weight is 864 g/mol. The van der Waals surface area contributed by atoms with E-state index in [4.69, 9.17) is 46.1 Å². The third-order valence-corrected chi connectivity index (χ3v) is 24.4. The number of ether oxygens (including phenoxy) is 8. The molecule has 4 aliphatic heterocycles. The summed E-state index contributed by atoms with van der Waals surface area (Å²) in [4.78, 5) is 0. The quantitative estimate of drug-likeness (QED) is 0.356. The molecule has 0 aliphatic carbocycles. The van der Waals surface area contributed by atoms with Gasteiger partial charge in [-0.15, -0.1) is 0 Å². The first kappa shape index (κ1) is 51.7. The summed E-state index contributed by atoms with van der Waals surface area (Å²) in [5.74, 6) is 0. The summed E-state index contributed by atoms with van der Waals surface area (Å²) in [7, 11) is -7.99. The van der Waals surface area contributed by atoms with Crippen LogP contribution >= 0.6 is 0 Å². The van der Waals surface area contributed by atoms with Crippen molar-refractivity contribution in [3.8, 4) is 0 Å². The molecule has 3 saturated heterocycles. The predicted octanol–water partition coefficient (Wildman–Crippen LogP) is 4.39. The van der Waals surface area contributed by atoms with Crippen LogP contribution < -0.4 is 20.7 Å². The maximum Gasteiger partial charge on any atom is 0.206 e. The molecule has 3 fully saturated rings. The average Bonchev–Trinajstić information content (AvgIpc) is 3.92. The zero-order chi connectivity index (χ0) is 39.2. The normalized spacial score (nSPS) is 23.0. The van der Waals surface area contributed by atoms with Crippen LogP contribution in [0.4, 0.5) is 0 Å². The molecule has 0 N–H and O–H groups in total. The van der Waals surface area contributed by atoms with E-state index in [9.17, 15) is 0 Å². The van der Waals surface area contributed by atoms with Crippen LogP contribution in [-0.4, -0.2) is 190 Å². The molecule has 0 aromatic heterocycles. The van der Waals surface area contributed by atoms with Gasteiger partial charge in [0.2, 0.25) is 33.3 Å². The summed E-state index contributed by atoms with van der Waals surface area (Å²) in [5, 5.41) is 5.54. The molecular formula is C40H72KO10Si4. The Labute approximate surface area is 380 Å². The van der Waals surface area contributed by atoms with Crippen LogP contribution in [0.25, 0.3) is 0 Å². The number of fused-ring (bicyclic) bond motifs is 4. The zero-order valence-electron chi connectivity index (χ0n) is 35.8. The van der Waals surface area contributed by atoms with E-state index in [1.165, 1.54) is 46.4 Å². The van der Waals surface area contributed by atoms with Gasteiger partial charge in [0.15, 0.2) is 0 Å². The van der Waals surface area contributed by atoms with Crippen molar-refractivity contribution in [3.05, 3.63) is 48.5 Å². The minimum absolute atomic E-state index is 0. The molecule has 6 rings (SSSR count). The van der Waals surface area contributed by atoms with Gasteiger partial charge in [0.25, 0.3) is 0 Å². The van der Waals surface area contributed by atoms with E-state index in [0.29, 0.717) is 79.3 Å². The molecule has 2 aromatic rings. The Morgan fingerprint density at radius 3 is 0.655 bits per heavy atom. The molecule has 1 radical (unpaired) electrons. The first-order valence-corrected chi connectivity index (χ1v) is 31.7. The van der Waals surface area contributed by atoms with E-state index in [0.717, 1.165) is 26.4 Å². The van der Waals surface area contributed by atoms with Gasteiger partial charge in [0, 0.05) is 77.8 Å². The van der Waals surface area contributed by atoms with Crippen molar-refractivity contribution in [3.63, 3.8) is 0 Å². The van der Waals surface area contributed by atoms with Crippen molar-refractivity contribution < 1.29 is 46.1 Å². The third kappa shape index (κ3) is 21.1. The van der Waals surface area contributed by atoms with Crippen molar-refractivity contribution in [1.29, 1.82) is 0 Å². The van der Waals surface area contributed by atoms with Crippen LogP contribution in [0.15, 0.2) is 48.5 Å². The van der Waals surface area contributed by atoms with Gasteiger partial charge in [-0.25, -0.2) is 0 Å². The van der Waals surface area contributed by atoms with Crippen molar-refractivity contribution in [1.82, 2.24) is 0 Å². The van der Waals surface area contributed by atoms with Crippen molar-refractivity contribution in [2.45, 2.75) is 78.1 Å². The van der Waals surface area contributed by atoms with Crippen LogP contribution in [0.3, 0.4) is 0 Å². The van der Waals surface area contributed by atoms with E-state index in [1.807, 2.05) is 0 Å². The number of hydrogen-bond donors (Lipinski definition) is 0. The smallest absolute Gasteiger partial charge is 0.206 e. The summed E-state index contributed by atoms with van der Waals surface area (Å²) >= 11 is 0. The summed E-state index contributed by atoms with van der Waals surface area (Å²) in [6.07, 6.45) is 5.11. The second-order valence-electron chi connectivity index (χ2n) is 15.7. The Kier molecular flexibility index (Phi) is 26.4. The van der Waals surface area contributed by atoms with Gasteiger partial charge in [0.05, 0.1) is 79.3 Å². The Hall–Kier alpha value is 0.544. The fraction of sp³-hybridized carbons (Fsp3) is 0.700. The molecule has 309 valence electrons. The van der Waals surface area contributed by atoms with Crippen LogP contribution in [0, 0.1) is 0 Å². The maximum atomic E-state index is 6.98. The monoisotopic (exact) mass is 863 g/mol. The van der Waals surface area contributed by atoms with Gasteiger partial charge in [-0.1, -0.05) is 48.5 Å². The van der Waals surface area contributed by atoms with E-state index >= 15 is 0 Å². The molecule has 2 aromatic carbocycles. The van der Waals surface area contributed by atoms with Gasteiger partial charge in [-0.2, -0.15) is 0 Å². The molecular weight excluding hydrogens is 792 g/mol. The number of rotatable bonds is 0. The Morgan fingerprint density at radius 1 is 0.309 bits per heavy atom. The predicted molar refractivity (Wildman–Crippen MR) is 234 cm³/mol. The van der Waals surface area contributed by atoms with Gasteiger partial charge >= 0.3 is 0 Å². The van der Waals surface area contributed by atoms with Gasteiger partial charge in [-0.05, 0) is 98.8 Å². The molecule has 0 atom stereocenters. The summed E-state index contributed by atoms with van der Waals surface area (Å²) in [6, 6.07) is 18.2. The van der Waals surface area contributed by atoms with Crippen LogP contribution in [0.2, 0.25) is 52.4 Å². The van der Waals surface area contributed by atoms with Crippen LogP contribution in [-0.2, 0) is 46.1 Å².